The number of anilines is 2. The summed E-state index contributed by atoms with van der Waals surface area (Å²) in [5.74, 6) is 0.0857. The summed E-state index contributed by atoms with van der Waals surface area (Å²) in [4.78, 5) is 28.7. The molecule has 0 spiro atoms. The highest BCUT2D eigenvalue weighted by Crippen LogP contribution is 2.28. The van der Waals surface area contributed by atoms with Gasteiger partial charge in [0.2, 0.25) is 5.91 Å². The Morgan fingerprint density at radius 3 is 2.38 bits per heavy atom. The van der Waals surface area contributed by atoms with Gasteiger partial charge in [0, 0.05) is 30.6 Å². The molecular weight excluding hydrogens is 402 g/mol. The molecule has 1 heterocycles. The Morgan fingerprint density at radius 1 is 1.00 bits per heavy atom. The van der Waals surface area contributed by atoms with E-state index < -0.39 is 0 Å². The molecule has 0 aliphatic rings. The number of nitrogens with one attached hydrogen (secondary N) is 2. The van der Waals surface area contributed by atoms with Crippen molar-refractivity contribution in [3.05, 3.63) is 83.7 Å². The van der Waals surface area contributed by atoms with Crippen molar-refractivity contribution in [2.45, 2.75) is 39.0 Å². The van der Waals surface area contributed by atoms with E-state index in [9.17, 15) is 9.59 Å². The number of rotatable bonds is 7. The summed E-state index contributed by atoms with van der Waals surface area (Å²) in [6, 6.07) is 16.9. The molecule has 0 radical (unpaired) electrons. The van der Waals surface area contributed by atoms with Gasteiger partial charge in [-0.05, 0) is 47.2 Å². The summed E-state index contributed by atoms with van der Waals surface area (Å²) in [5.41, 5.74) is 4.07. The zero-order valence-corrected chi connectivity index (χ0v) is 18.9. The molecule has 32 heavy (non-hydrogen) atoms. The van der Waals surface area contributed by atoms with Gasteiger partial charge in [-0.25, -0.2) is 0 Å². The molecule has 1 aromatic heterocycles. The Labute approximate surface area is 189 Å². The fourth-order valence-corrected chi connectivity index (χ4v) is 3.22. The lowest BCUT2D eigenvalue weighted by Crippen LogP contribution is -2.14. The van der Waals surface area contributed by atoms with E-state index in [0.29, 0.717) is 35.5 Å². The topological polar surface area (TPSA) is 80.3 Å². The minimum Gasteiger partial charge on any atom is -0.494 e. The highest BCUT2D eigenvalue weighted by Gasteiger charge is 2.14. The number of amides is 2. The van der Waals surface area contributed by atoms with Gasteiger partial charge in [-0.3, -0.25) is 14.6 Å². The summed E-state index contributed by atoms with van der Waals surface area (Å²) >= 11 is 0. The largest absolute Gasteiger partial charge is 0.494 e. The molecule has 2 N–H and O–H groups in total. The third-order valence-corrected chi connectivity index (χ3v) is 5.12. The molecule has 2 amide bonds. The van der Waals surface area contributed by atoms with Crippen molar-refractivity contribution >= 4 is 23.2 Å². The van der Waals surface area contributed by atoms with Crippen LogP contribution in [-0.2, 0) is 16.6 Å². The monoisotopic (exact) mass is 431 g/mol. The SMILES string of the molecule is COc1cc(NC(=O)CCc2ccc(C(C)(C)C)cc2)ccc1NC(=O)c1cccnc1. The molecule has 0 saturated carbocycles. The second-order valence-corrected chi connectivity index (χ2v) is 8.61. The van der Waals surface area contributed by atoms with Crippen molar-refractivity contribution in [1.82, 2.24) is 4.98 Å². The number of carbonyl (C=O) groups excluding carboxylic acids is 2. The Hall–Kier alpha value is -3.67. The minimum absolute atomic E-state index is 0.0842. The lowest BCUT2D eigenvalue weighted by atomic mass is 9.86. The number of aromatic nitrogens is 1. The molecule has 2 aromatic carbocycles. The first-order chi connectivity index (χ1) is 15.3. The number of hydrogen-bond donors (Lipinski definition) is 2. The van der Waals surface area contributed by atoms with Gasteiger partial charge in [-0.2, -0.15) is 0 Å². The van der Waals surface area contributed by atoms with Crippen LogP contribution in [0.4, 0.5) is 11.4 Å². The van der Waals surface area contributed by atoms with Crippen LogP contribution in [0.25, 0.3) is 0 Å². The van der Waals surface area contributed by atoms with E-state index in [0.717, 1.165) is 5.56 Å². The molecule has 3 aromatic rings. The fraction of sp³-hybridized carbons (Fsp3) is 0.269. The second-order valence-electron chi connectivity index (χ2n) is 8.61. The number of carbonyl (C=O) groups is 2. The van der Waals surface area contributed by atoms with Gasteiger partial charge in [0.25, 0.3) is 5.91 Å². The zero-order valence-electron chi connectivity index (χ0n) is 18.9. The standard InChI is InChI=1S/C26H29N3O3/c1-26(2,3)20-10-7-18(8-11-20)9-14-24(30)28-21-12-13-22(23(16-21)32-4)29-25(31)19-6-5-15-27-17-19/h5-8,10-13,15-17H,9,14H2,1-4H3,(H,28,30)(H,29,31). The number of benzene rings is 2. The van der Waals surface area contributed by atoms with Crippen LogP contribution < -0.4 is 15.4 Å². The fourth-order valence-electron chi connectivity index (χ4n) is 3.22. The summed E-state index contributed by atoms with van der Waals surface area (Å²) in [6.45, 7) is 6.54. The molecule has 0 aliphatic carbocycles. The van der Waals surface area contributed by atoms with E-state index in [-0.39, 0.29) is 17.2 Å². The molecule has 0 unspecified atom stereocenters. The van der Waals surface area contributed by atoms with E-state index in [4.69, 9.17) is 4.74 Å². The molecule has 0 atom stereocenters. The molecule has 0 saturated heterocycles. The Morgan fingerprint density at radius 2 is 1.75 bits per heavy atom. The number of pyridine rings is 1. The number of methoxy groups -OCH3 is 1. The van der Waals surface area contributed by atoms with Crippen LogP contribution in [0.2, 0.25) is 0 Å². The van der Waals surface area contributed by atoms with Crippen LogP contribution in [0.15, 0.2) is 67.0 Å². The smallest absolute Gasteiger partial charge is 0.257 e. The van der Waals surface area contributed by atoms with Crippen molar-refractivity contribution in [2.75, 3.05) is 17.7 Å². The predicted octanol–water partition coefficient (Wildman–Crippen LogP) is 5.21. The molecule has 166 valence electrons. The van der Waals surface area contributed by atoms with Crippen molar-refractivity contribution in [3.8, 4) is 5.75 Å². The molecule has 0 bridgehead atoms. The molecular formula is C26H29N3O3. The van der Waals surface area contributed by atoms with Gasteiger partial charge in [-0.1, -0.05) is 45.0 Å². The summed E-state index contributed by atoms with van der Waals surface area (Å²) in [6.07, 6.45) is 4.13. The van der Waals surface area contributed by atoms with Crippen molar-refractivity contribution in [3.63, 3.8) is 0 Å². The van der Waals surface area contributed by atoms with E-state index >= 15 is 0 Å². The highest BCUT2D eigenvalue weighted by molar-refractivity contribution is 6.05. The maximum atomic E-state index is 12.4. The number of hydrogen-bond acceptors (Lipinski definition) is 4. The van der Waals surface area contributed by atoms with Crippen molar-refractivity contribution in [1.29, 1.82) is 0 Å². The van der Waals surface area contributed by atoms with Crippen LogP contribution in [0.3, 0.4) is 0 Å². The van der Waals surface area contributed by atoms with Crippen LogP contribution in [0.5, 0.6) is 5.75 Å². The van der Waals surface area contributed by atoms with Crippen LogP contribution >= 0.6 is 0 Å². The van der Waals surface area contributed by atoms with Gasteiger partial charge < -0.3 is 15.4 Å². The maximum Gasteiger partial charge on any atom is 0.257 e. The average molecular weight is 432 g/mol. The summed E-state index contributed by atoms with van der Waals surface area (Å²) < 4.78 is 5.39. The number of ether oxygens (including phenoxy) is 1. The second kappa shape index (κ2) is 10.1. The minimum atomic E-state index is -0.286. The van der Waals surface area contributed by atoms with E-state index in [1.54, 1.807) is 36.5 Å². The third-order valence-electron chi connectivity index (χ3n) is 5.12. The maximum absolute atomic E-state index is 12.4. The third kappa shape index (κ3) is 6.17. The first kappa shape index (κ1) is 23.0. The Bertz CT molecular complexity index is 1070. The highest BCUT2D eigenvalue weighted by atomic mass is 16.5. The first-order valence-electron chi connectivity index (χ1n) is 10.5. The average Bonchev–Trinajstić information content (AvgIpc) is 2.79. The van der Waals surface area contributed by atoms with Crippen LogP contribution in [0.1, 0.15) is 48.7 Å². The normalized spacial score (nSPS) is 11.0. The van der Waals surface area contributed by atoms with E-state index in [1.807, 2.05) is 0 Å². The number of nitrogens with zero attached hydrogens (tertiary/aromatic N) is 1. The summed E-state index contributed by atoms with van der Waals surface area (Å²) in [5, 5.41) is 5.70. The van der Waals surface area contributed by atoms with E-state index in [1.165, 1.54) is 18.9 Å². The van der Waals surface area contributed by atoms with Crippen LogP contribution in [0, 0.1) is 0 Å². The molecule has 6 nitrogen and oxygen atoms in total. The zero-order chi connectivity index (χ0) is 23.1. The molecule has 3 rings (SSSR count). The Kier molecular flexibility index (Phi) is 7.25. The van der Waals surface area contributed by atoms with E-state index in [2.05, 4.69) is 60.7 Å². The molecule has 6 heteroatoms. The van der Waals surface area contributed by atoms with Gasteiger partial charge in [-0.15, -0.1) is 0 Å². The molecule has 0 aliphatic heterocycles. The van der Waals surface area contributed by atoms with Crippen molar-refractivity contribution in [2.24, 2.45) is 0 Å². The lowest BCUT2D eigenvalue weighted by Gasteiger charge is -2.19. The van der Waals surface area contributed by atoms with Gasteiger partial charge in [0.1, 0.15) is 5.75 Å². The lowest BCUT2D eigenvalue weighted by molar-refractivity contribution is -0.116. The van der Waals surface area contributed by atoms with Crippen molar-refractivity contribution < 1.29 is 14.3 Å². The summed E-state index contributed by atoms with van der Waals surface area (Å²) in [7, 11) is 1.52. The quantitative estimate of drug-likeness (QED) is 0.538. The first-order valence-corrected chi connectivity index (χ1v) is 10.5. The van der Waals surface area contributed by atoms with Gasteiger partial charge >= 0.3 is 0 Å². The molecule has 0 fully saturated rings. The Balaban J connectivity index is 1.58. The predicted molar refractivity (Wildman–Crippen MR) is 127 cm³/mol. The van der Waals surface area contributed by atoms with Gasteiger partial charge in [0.15, 0.2) is 0 Å². The van der Waals surface area contributed by atoms with Gasteiger partial charge in [0.05, 0.1) is 18.4 Å². The number of aryl methyl sites for hydroxylation is 1. The van der Waals surface area contributed by atoms with Crippen LogP contribution in [-0.4, -0.2) is 23.9 Å².